The molecule has 0 aromatic carbocycles. The maximum atomic E-state index is 7.51. The Hall–Kier alpha value is -1.16. The first kappa shape index (κ1) is 11.9. The van der Waals surface area contributed by atoms with Crippen LogP contribution in [0.3, 0.4) is 0 Å². The second-order valence-corrected chi connectivity index (χ2v) is 3.87. The lowest BCUT2D eigenvalue weighted by Crippen LogP contribution is -2.23. The molecule has 1 rings (SSSR count). The molecule has 4 heteroatoms. The molecule has 1 heterocycles. The number of allylic oxidation sites excluding steroid dienone is 1. The van der Waals surface area contributed by atoms with Crippen molar-refractivity contribution in [3.8, 4) is 0 Å². The molecule has 0 bridgehead atoms. The van der Waals surface area contributed by atoms with Gasteiger partial charge in [0.1, 0.15) is 5.82 Å². The van der Waals surface area contributed by atoms with E-state index < -0.39 is 0 Å². The van der Waals surface area contributed by atoms with Crippen molar-refractivity contribution in [1.82, 2.24) is 5.32 Å². The van der Waals surface area contributed by atoms with Crippen molar-refractivity contribution in [3.63, 3.8) is 0 Å². The first-order valence-corrected chi connectivity index (χ1v) is 5.20. The monoisotopic (exact) mass is 209 g/mol. The molecule has 1 aliphatic heterocycles. The van der Waals surface area contributed by atoms with Crippen LogP contribution in [0.25, 0.3) is 0 Å². The summed E-state index contributed by atoms with van der Waals surface area (Å²) in [7, 11) is 0. The quantitative estimate of drug-likeness (QED) is 0.675. The third-order valence-electron chi connectivity index (χ3n) is 2.66. The van der Waals surface area contributed by atoms with Gasteiger partial charge in [0.15, 0.2) is 0 Å². The average Bonchev–Trinajstić information content (AvgIpc) is 2.71. The zero-order valence-electron chi connectivity index (χ0n) is 9.47. The van der Waals surface area contributed by atoms with E-state index in [1.807, 2.05) is 6.92 Å². The lowest BCUT2D eigenvalue weighted by molar-refractivity contribution is 0.186. The molecule has 0 radical (unpaired) electrons. The summed E-state index contributed by atoms with van der Waals surface area (Å²) in [5.41, 5.74) is 1.37. The van der Waals surface area contributed by atoms with Gasteiger partial charge < -0.3 is 15.5 Å². The van der Waals surface area contributed by atoms with E-state index in [1.165, 1.54) is 0 Å². The van der Waals surface area contributed by atoms with Crippen LogP contribution in [0.2, 0.25) is 0 Å². The van der Waals surface area contributed by atoms with Gasteiger partial charge in [0, 0.05) is 30.4 Å². The largest absolute Gasteiger partial charge is 0.381 e. The van der Waals surface area contributed by atoms with Gasteiger partial charge in [-0.05, 0) is 27.0 Å². The van der Waals surface area contributed by atoms with E-state index in [1.54, 1.807) is 6.92 Å². The molecule has 2 N–H and O–H groups in total. The second kappa shape index (κ2) is 5.66. The van der Waals surface area contributed by atoms with Crippen molar-refractivity contribution in [1.29, 1.82) is 5.41 Å². The molecular weight excluding hydrogens is 190 g/mol. The fourth-order valence-electron chi connectivity index (χ4n) is 1.47. The normalized spacial score (nSPS) is 22.1. The van der Waals surface area contributed by atoms with Crippen LogP contribution in [0.1, 0.15) is 20.3 Å². The minimum absolute atomic E-state index is 0.521. The maximum absolute atomic E-state index is 7.51. The average molecular weight is 209 g/mol. The number of ether oxygens (including phenoxy) is 1. The number of hydrogen-bond donors (Lipinski definition) is 2. The van der Waals surface area contributed by atoms with Crippen LogP contribution in [0, 0.1) is 11.3 Å². The molecule has 4 nitrogen and oxygen atoms in total. The molecule has 0 amide bonds. The number of nitrogens with one attached hydrogen (secondary N) is 2. The highest BCUT2D eigenvalue weighted by molar-refractivity contribution is 5.95. The molecule has 84 valence electrons. The summed E-state index contributed by atoms with van der Waals surface area (Å²) in [6.45, 7) is 9.66. The Morgan fingerprint density at radius 1 is 1.60 bits per heavy atom. The topological polar surface area (TPSA) is 57.5 Å². The standard InChI is InChI=1S/C11H19N3O/c1-8(9(2)12)11(13-3)14-6-10-4-5-15-7-10/h10,12,14H,3-7H2,1-2H3/b11-8+,12-9?. The Balaban J connectivity index is 2.49. The summed E-state index contributed by atoms with van der Waals surface area (Å²) in [5.74, 6) is 1.27. The summed E-state index contributed by atoms with van der Waals surface area (Å²) in [6, 6.07) is 0. The van der Waals surface area contributed by atoms with Gasteiger partial charge in [0.2, 0.25) is 0 Å². The SMILES string of the molecule is C=N/C(NCC1CCOC1)=C(/C)C(C)=N. The Labute approximate surface area is 90.9 Å². The van der Waals surface area contributed by atoms with Gasteiger partial charge in [-0.15, -0.1) is 0 Å². The van der Waals surface area contributed by atoms with E-state index in [4.69, 9.17) is 10.1 Å². The Bertz CT molecular complexity index is 278. The second-order valence-electron chi connectivity index (χ2n) is 3.87. The van der Waals surface area contributed by atoms with E-state index >= 15 is 0 Å². The highest BCUT2D eigenvalue weighted by Crippen LogP contribution is 2.12. The van der Waals surface area contributed by atoms with Crippen LogP contribution >= 0.6 is 0 Å². The van der Waals surface area contributed by atoms with Gasteiger partial charge in [-0.25, -0.2) is 4.99 Å². The number of aliphatic imine (C=N–C) groups is 1. The van der Waals surface area contributed by atoms with E-state index in [-0.39, 0.29) is 0 Å². The predicted octanol–water partition coefficient (Wildman–Crippen LogP) is 1.58. The first-order valence-electron chi connectivity index (χ1n) is 5.20. The number of hydrogen-bond acceptors (Lipinski definition) is 4. The van der Waals surface area contributed by atoms with Crippen molar-refractivity contribution in [2.75, 3.05) is 19.8 Å². The summed E-state index contributed by atoms with van der Waals surface area (Å²) in [6.07, 6.45) is 1.10. The molecule has 0 aromatic rings. The Morgan fingerprint density at radius 3 is 2.80 bits per heavy atom. The zero-order valence-corrected chi connectivity index (χ0v) is 9.47. The highest BCUT2D eigenvalue weighted by Gasteiger charge is 2.15. The lowest BCUT2D eigenvalue weighted by Gasteiger charge is -2.12. The van der Waals surface area contributed by atoms with Crippen LogP contribution in [0.5, 0.6) is 0 Å². The van der Waals surface area contributed by atoms with Crippen LogP contribution < -0.4 is 5.32 Å². The van der Waals surface area contributed by atoms with Crippen molar-refractivity contribution in [2.24, 2.45) is 10.9 Å². The minimum Gasteiger partial charge on any atom is -0.381 e. The van der Waals surface area contributed by atoms with Gasteiger partial charge in [0.05, 0.1) is 6.61 Å². The number of nitrogens with zero attached hydrogens (tertiary/aromatic N) is 1. The molecule has 0 aliphatic carbocycles. The highest BCUT2D eigenvalue weighted by atomic mass is 16.5. The Kier molecular flexibility index (Phi) is 4.49. The summed E-state index contributed by atoms with van der Waals surface area (Å²) in [4.78, 5) is 3.91. The smallest absolute Gasteiger partial charge is 0.129 e. The van der Waals surface area contributed by atoms with E-state index in [9.17, 15) is 0 Å². The van der Waals surface area contributed by atoms with Crippen molar-refractivity contribution < 1.29 is 4.74 Å². The Morgan fingerprint density at radius 2 is 2.33 bits per heavy atom. The third kappa shape index (κ3) is 3.47. The molecule has 0 spiro atoms. The molecule has 0 saturated carbocycles. The molecular formula is C11H19N3O. The molecule has 1 unspecified atom stereocenters. The van der Waals surface area contributed by atoms with Gasteiger partial charge in [-0.3, -0.25) is 0 Å². The van der Waals surface area contributed by atoms with Gasteiger partial charge >= 0.3 is 0 Å². The van der Waals surface area contributed by atoms with Crippen molar-refractivity contribution >= 4 is 12.4 Å². The summed E-state index contributed by atoms with van der Waals surface area (Å²) < 4.78 is 5.29. The zero-order chi connectivity index (χ0) is 11.3. The van der Waals surface area contributed by atoms with Crippen molar-refractivity contribution in [2.45, 2.75) is 20.3 Å². The first-order chi connectivity index (χ1) is 7.15. The fourth-order valence-corrected chi connectivity index (χ4v) is 1.47. The van der Waals surface area contributed by atoms with E-state index in [0.717, 1.165) is 37.6 Å². The maximum Gasteiger partial charge on any atom is 0.129 e. The number of rotatable bonds is 5. The summed E-state index contributed by atoms with van der Waals surface area (Å²) in [5, 5.41) is 10.7. The molecule has 1 aliphatic rings. The molecule has 15 heavy (non-hydrogen) atoms. The molecule has 1 atom stereocenters. The molecule has 1 fully saturated rings. The molecule has 0 aromatic heterocycles. The predicted molar refractivity (Wildman–Crippen MR) is 62.6 cm³/mol. The van der Waals surface area contributed by atoms with Crippen LogP contribution in [-0.4, -0.2) is 32.2 Å². The third-order valence-corrected chi connectivity index (χ3v) is 2.66. The van der Waals surface area contributed by atoms with Crippen LogP contribution in [-0.2, 0) is 4.74 Å². The van der Waals surface area contributed by atoms with Crippen LogP contribution in [0.4, 0.5) is 0 Å². The van der Waals surface area contributed by atoms with Gasteiger partial charge in [-0.2, -0.15) is 0 Å². The fraction of sp³-hybridized carbons (Fsp3) is 0.636. The van der Waals surface area contributed by atoms with Crippen molar-refractivity contribution in [3.05, 3.63) is 11.4 Å². The lowest BCUT2D eigenvalue weighted by atomic mass is 10.1. The van der Waals surface area contributed by atoms with Gasteiger partial charge in [-0.1, -0.05) is 0 Å². The van der Waals surface area contributed by atoms with Gasteiger partial charge in [0.25, 0.3) is 0 Å². The van der Waals surface area contributed by atoms with Crippen LogP contribution in [0.15, 0.2) is 16.4 Å². The van der Waals surface area contributed by atoms with E-state index in [2.05, 4.69) is 17.0 Å². The minimum atomic E-state index is 0.521. The molecule has 1 saturated heterocycles. The summed E-state index contributed by atoms with van der Waals surface area (Å²) >= 11 is 0. The van der Waals surface area contributed by atoms with E-state index in [0.29, 0.717) is 11.6 Å².